The lowest BCUT2D eigenvalue weighted by atomic mass is 10.0. The number of carbonyl (C=O) groups is 1. The molecule has 194 valence electrons. The molecular weight excluding hydrogens is 497 g/mol. The summed E-state index contributed by atoms with van der Waals surface area (Å²) in [4.78, 5) is 15.6. The van der Waals surface area contributed by atoms with Crippen LogP contribution in [0.3, 0.4) is 0 Å². The first-order valence-corrected chi connectivity index (χ1v) is 14.2. The monoisotopic (exact) mass is 525 g/mol. The van der Waals surface area contributed by atoms with E-state index in [9.17, 15) is 22.7 Å². The Balaban J connectivity index is 1.23. The van der Waals surface area contributed by atoms with Gasteiger partial charge in [0.1, 0.15) is 28.0 Å². The van der Waals surface area contributed by atoms with Crippen LogP contribution in [0.2, 0.25) is 0 Å². The van der Waals surface area contributed by atoms with Gasteiger partial charge in [0.25, 0.3) is 0 Å². The molecule has 0 aliphatic heterocycles. The van der Waals surface area contributed by atoms with Crippen LogP contribution in [-0.2, 0) is 27.7 Å². The first kappa shape index (κ1) is 25.2. The van der Waals surface area contributed by atoms with E-state index in [1.54, 1.807) is 24.4 Å². The molecule has 1 saturated carbocycles. The standard InChI is InChI=1S/C28H28FNO6S/c1-16-10-25(35-8-3-9-37(2,33)34)30-14-23(16)17-4-7-24(29)19(11-17)15-36-20-5-6-21-18(12-20)13-22-26(21)27(22)28(31)32/h4-7,10-12,14,22,26-27H,3,8-9,13,15H2,1-2H3,(H,31,32). The lowest BCUT2D eigenvalue weighted by Gasteiger charge is -2.13. The smallest absolute Gasteiger partial charge is 0.307 e. The first-order valence-electron chi connectivity index (χ1n) is 12.1. The highest BCUT2D eigenvalue weighted by molar-refractivity contribution is 7.90. The Hall–Kier alpha value is -3.46. The first-order chi connectivity index (χ1) is 17.6. The summed E-state index contributed by atoms with van der Waals surface area (Å²) in [6.07, 6.45) is 3.98. The van der Waals surface area contributed by atoms with Crippen LogP contribution in [0.25, 0.3) is 11.1 Å². The van der Waals surface area contributed by atoms with Gasteiger partial charge in [0, 0.05) is 35.6 Å². The number of aryl methyl sites for hydroxylation is 1. The molecule has 7 nitrogen and oxygen atoms in total. The van der Waals surface area contributed by atoms with Gasteiger partial charge in [-0.3, -0.25) is 4.79 Å². The minimum absolute atomic E-state index is 0.0527. The van der Waals surface area contributed by atoms with Gasteiger partial charge in [0.05, 0.1) is 18.3 Å². The van der Waals surface area contributed by atoms with Gasteiger partial charge in [0.15, 0.2) is 0 Å². The zero-order valence-electron chi connectivity index (χ0n) is 20.6. The van der Waals surface area contributed by atoms with Gasteiger partial charge in [-0.2, -0.15) is 0 Å². The SMILES string of the molecule is Cc1cc(OCCCS(C)(=O)=O)ncc1-c1ccc(F)c(COc2ccc3c(c2)CC2C(C(=O)O)C32)c1. The molecule has 1 N–H and O–H groups in total. The Morgan fingerprint density at radius 1 is 1.16 bits per heavy atom. The molecule has 2 aliphatic rings. The lowest BCUT2D eigenvalue weighted by molar-refractivity contribution is -0.139. The lowest BCUT2D eigenvalue weighted by Crippen LogP contribution is -2.08. The van der Waals surface area contributed by atoms with Crippen molar-refractivity contribution in [1.82, 2.24) is 4.98 Å². The molecule has 3 aromatic rings. The molecule has 37 heavy (non-hydrogen) atoms. The maximum absolute atomic E-state index is 14.6. The van der Waals surface area contributed by atoms with Crippen molar-refractivity contribution < 1.29 is 32.2 Å². The van der Waals surface area contributed by atoms with Crippen molar-refractivity contribution in [2.45, 2.75) is 32.3 Å². The number of benzene rings is 2. The topological polar surface area (TPSA) is 103 Å². The van der Waals surface area contributed by atoms with E-state index in [2.05, 4.69) is 4.98 Å². The fraction of sp³-hybridized carbons (Fsp3) is 0.357. The molecule has 5 rings (SSSR count). The van der Waals surface area contributed by atoms with Crippen LogP contribution >= 0.6 is 0 Å². The third kappa shape index (κ3) is 5.46. The minimum atomic E-state index is -3.03. The molecule has 0 radical (unpaired) electrons. The number of rotatable bonds is 10. The number of hydrogen-bond acceptors (Lipinski definition) is 6. The number of aliphatic carboxylic acids is 1. The van der Waals surface area contributed by atoms with Crippen LogP contribution in [0.1, 0.15) is 34.6 Å². The Labute approximate surface area is 215 Å². The van der Waals surface area contributed by atoms with Gasteiger partial charge in [-0.15, -0.1) is 0 Å². The molecule has 2 aromatic carbocycles. The molecule has 0 saturated heterocycles. The molecule has 1 aromatic heterocycles. The Kier molecular flexibility index (Phi) is 6.66. The summed E-state index contributed by atoms with van der Waals surface area (Å²) in [5.41, 5.74) is 5.12. The van der Waals surface area contributed by atoms with Crippen LogP contribution in [0.4, 0.5) is 4.39 Å². The van der Waals surface area contributed by atoms with Crippen LogP contribution in [0.5, 0.6) is 11.6 Å². The van der Waals surface area contributed by atoms with Crippen LogP contribution < -0.4 is 9.47 Å². The van der Waals surface area contributed by atoms with E-state index in [0.717, 1.165) is 34.2 Å². The maximum atomic E-state index is 14.6. The molecule has 1 fully saturated rings. The molecule has 2 aliphatic carbocycles. The number of aromatic nitrogens is 1. The van der Waals surface area contributed by atoms with Gasteiger partial charge >= 0.3 is 5.97 Å². The second-order valence-electron chi connectivity index (χ2n) is 9.88. The molecule has 3 unspecified atom stereocenters. The van der Waals surface area contributed by atoms with Gasteiger partial charge in [-0.05, 0) is 72.2 Å². The molecule has 3 atom stereocenters. The molecule has 1 heterocycles. The number of carboxylic acid groups (broad SMARTS) is 1. The number of sulfone groups is 1. The summed E-state index contributed by atoms with van der Waals surface area (Å²) in [5, 5.41) is 9.29. The van der Waals surface area contributed by atoms with Crippen molar-refractivity contribution in [3.63, 3.8) is 0 Å². The fourth-order valence-electron chi connectivity index (χ4n) is 5.24. The summed E-state index contributed by atoms with van der Waals surface area (Å²) >= 11 is 0. The van der Waals surface area contributed by atoms with Gasteiger partial charge in [-0.1, -0.05) is 12.1 Å². The zero-order chi connectivity index (χ0) is 26.3. The van der Waals surface area contributed by atoms with Crippen LogP contribution in [0.15, 0.2) is 48.7 Å². The molecule has 0 bridgehead atoms. The zero-order valence-corrected chi connectivity index (χ0v) is 21.4. The average molecular weight is 526 g/mol. The Morgan fingerprint density at radius 3 is 2.70 bits per heavy atom. The van der Waals surface area contributed by atoms with Crippen molar-refractivity contribution >= 4 is 15.8 Å². The van der Waals surface area contributed by atoms with E-state index in [1.807, 2.05) is 25.1 Å². The van der Waals surface area contributed by atoms with E-state index in [1.165, 1.54) is 12.3 Å². The number of fused-ring (bicyclic) bond motifs is 3. The summed E-state index contributed by atoms with van der Waals surface area (Å²) in [7, 11) is -3.03. The Bertz CT molecular complexity index is 1470. The number of ether oxygens (including phenoxy) is 2. The fourth-order valence-corrected chi connectivity index (χ4v) is 5.88. The van der Waals surface area contributed by atoms with E-state index in [4.69, 9.17) is 9.47 Å². The summed E-state index contributed by atoms with van der Waals surface area (Å²) < 4.78 is 48.6. The molecule has 9 heteroatoms. The number of pyridine rings is 1. The van der Waals surface area contributed by atoms with Crippen molar-refractivity contribution in [3.05, 3.63) is 76.7 Å². The van der Waals surface area contributed by atoms with Gasteiger partial charge < -0.3 is 14.6 Å². The number of carboxylic acids is 1. The predicted molar refractivity (Wildman–Crippen MR) is 136 cm³/mol. The van der Waals surface area contributed by atoms with Crippen LogP contribution in [-0.4, -0.2) is 43.1 Å². The normalized spacial score (nSPS) is 19.7. The molecule has 0 amide bonds. The van der Waals surface area contributed by atoms with Crippen LogP contribution in [0, 0.1) is 24.6 Å². The van der Waals surface area contributed by atoms with E-state index in [-0.39, 0.29) is 42.5 Å². The highest BCUT2D eigenvalue weighted by Crippen LogP contribution is 2.61. The van der Waals surface area contributed by atoms with Gasteiger partial charge in [0.2, 0.25) is 5.88 Å². The number of hydrogen-bond donors (Lipinski definition) is 1. The highest BCUT2D eigenvalue weighted by Gasteiger charge is 2.59. The van der Waals surface area contributed by atoms with Gasteiger partial charge in [-0.25, -0.2) is 17.8 Å². The van der Waals surface area contributed by atoms with Crippen molar-refractivity contribution in [3.8, 4) is 22.8 Å². The quantitative estimate of drug-likeness (QED) is 0.387. The van der Waals surface area contributed by atoms with E-state index >= 15 is 0 Å². The third-order valence-electron chi connectivity index (χ3n) is 7.13. The second kappa shape index (κ2) is 9.78. The highest BCUT2D eigenvalue weighted by atomic mass is 32.2. The van der Waals surface area contributed by atoms with Crippen molar-refractivity contribution in [1.29, 1.82) is 0 Å². The van der Waals surface area contributed by atoms with Crippen molar-refractivity contribution in [2.75, 3.05) is 18.6 Å². The summed E-state index contributed by atoms with van der Waals surface area (Å²) in [5.74, 6) is 0.0170. The molecule has 0 spiro atoms. The largest absolute Gasteiger partial charge is 0.489 e. The summed E-state index contributed by atoms with van der Waals surface area (Å²) in [6, 6.07) is 12.3. The van der Waals surface area contributed by atoms with E-state index < -0.39 is 15.8 Å². The van der Waals surface area contributed by atoms with Crippen molar-refractivity contribution in [2.24, 2.45) is 11.8 Å². The minimum Gasteiger partial charge on any atom is -0.489 e. The Morgan fingerprint density at radius 2 is 1.97 bits per heavy atom. The predicted octanol–water partition coefficient (Wildman–Crippen LogP) is 4.56. The summed E-state index contributed by atoms with van der Waals surface area (Å²) in [6.45, 7) is 2.21. The third-order valence-corrected chi connectivity index (χ3v) is 8.16. The number of nitrogens with zero attached hydrogens (tertiary/aromatic N) is 1. The van der Waals surface area contributed by atoms with E-state index in [0.29, 0.717) is 23.6 Å². The second-order valence-corrected chi connectivity index (χ2v) is 12.1. The molecular formula is C28H28FNO6S. The number of halogens is 1. The maximum Gasteiger partial charge on any atom is 0.307 e. The average Bonchev–Trinajstić information content (AvgIpc) is 3.43.